The van der Waals surface area contributed by atoms with Crippen LogP contribution in [0.4, 0.5) is 11.4 Å². The van der Waals surface area contributed by atoms with Gasteiger partial charge in [0, 0.05) is 48.7 Å². The van der Waals surface area contributed by atoms with Crippen LogP contribution in [0.25, 0.3) is 11.5 Å². The monoisotopic (exact) mass is 559 g/mol. The first kappa shape index (κ1) is 27.1. The SMILES string of the molecule is COc1cccc(C(=O)N2CCN(c3ccc(NC(=O)CSc4nnc(-c5cccc(OC)c5)o4)cc3)CC2)c1. The number of carbonyl (C=O) groups excluding carboxylic acids is 2. The lowest BCUT2D eigenvalue weighted by atomic mass is 10.1. The molecule has 5 rings (SSSR count). The Hall–Kier alpha value is -4.51. The Morgan fingerprint density at radius 3 is 2.33 bits per heavy atom. The normalized spacial score (nSPS) is 13.2. The summed E-state index contributed by atoms with van der Waals surface area (Å²) in [5, 5.41) is 11.3. The summed E-state index contributed by atoms with van der Waals surface area (Å²) in [5.41, 5.74) is 3.11. The molecule has 4 aromatic rings. The molecular formula is C29H29N5O5S. The lowest BCUT2D eigenvalue weighted by molar-refractivity contribution is -0.113. The second kappa shape index (κ2) is 12.6. The number of rotatable bonds is 9. The van der Waals surface area contributed by atoms with E-state index in [1.54, 1.807) is 26.4 Å². The number of thioether (sulfide) groups is 1. The van der Waals surface area contributed by atoms with Crippen LogP contribution < -0.4 is 19.7 Å². The van der Waals surface area contributed by atoms with E-state index in [1.807, 2.05) is 65.6 Å². The van der Waals surface area contributed by atoms with Crippen LogP contribution in [0.5, 0.6) is 11.5 Å². The van der Waals surface area contributed by atoms with Gasteiger partial charge in [-0.3, -0.25) is 9.59 Å². The Morgan fingerprint density at radius 1 is 0.900 bits per heavy atom. The quantitative estimate of drug-likeness (QED) is 0.298. The molecule has 0 atom stereocenters. The molecule has 1 aliphatic heterocycles. The summed E-state index contributed by atoms with van der Waals surface area (Å²) in [6, 6.07) is 22.3. The molecule has 1 fully saturated rings. The summed E-state index contributed by atoms with van der Waals surface area (Å²) in [6.45, 7) is 2.70. The summed E-state index contributed by atoms with van der Waals surface area (Å²) < 4.78 is 16.1. The number of carbonyl (C=O) groups is 2. The first-order valence-corrected chi connectivity index (χ1v) is 13.7. The van der Waals surface area contributed by atoms with Gasteiger partial charge in [0.05, 0.1) is 20.0 Å². The standard InChI is InChI=1S/C29H29N5O5S/c1-37-24-7-3-5-20(17-24)27-31-32-29(39-27)40-19-26(35)30-22-9-11-23(12-10-22)33-13-15-34(16-14-33)28(36)21-6-4-8-25(18-21)38-2/h3-12,17-18H,13-16,19H2,1-2H3,(H,30,35). The second-order valence-electron chi connectivity index (χ2n) is 9.00. The van der Waals surface area contributed by atoms with Gasteiger partial charge in [0.1, 0.15) is 11.5 Å². The zero-order valence-corrected chi connectivity index (χ0v) is 23.0. The number of aromatic nitrogens is 2. The van der Waals surface area contributed by atoms with Crippen molar-refractivity contribution in [2.45, 2.75) is 5.22 Å². The average Bonchev–Trinajstić information content (AvgIpc) is 3.49. The number of ether oxygens (including phenoxy) is 2. The van der Waals surface area contributed by atoms with Gasteiger partial charge in [-0.2, -0.15) is 0 Å². The van der Waals surface area contributed by atoms with Crippen molar-refractivity contribution in [3.63, 3.8) is 0 Å². The molecule has 1 N–H and O–H groups in total. The Kier molecular flexibility index (Phi) is 8.50. The largest absolute Gasteiger partial charge is 0.497 e. The van der Waals surface area contributed by atoms with Gasteiger partial charge in [-0.1, -0.05) is 23.9 Å². The van der Waals surface area contributed by atoms with Crippen molar-refractivity contribution in [1.82, 2.24) is 15.1 Å². The molecule has 1 aromatic heterocycles. The van der Waals surface area contributed by atoms with E-state index >= 15 is 0 Å². The molecule has 40 heavy (non-hydrogen) atoms. The number of anilines is 2. The summed E-state index contributed by atoms with van der Waals surface area (Å²) in [7, 11) is 3.18. The van der Waals surface area contributed by atoms with Crippen molar-refractivity contribution in [3.05, 3.63) is 78.4 Å². The lowest BCUT2D eigenvalue weighted by Gasteiger charge is -2.36. The molecule has 0 saturated carbocycles. The Morgan fingerprint density at radius 2 is 1.60 bits per heavy atom. The molecular weight excluding hydrogens is 530 g/mol. The summed E-state index contributed by atoms with van der Waals surface area (Å²) >= 11 is 1.17. The van der Waals surface area contributed by atoms with Gasteiger partial charge >= 0.3 is 0 Å². The molecule has 2 amide bonds. The minimum atomic E-state index is -0.177. The number of hydrogen-bond donors (Lipinski definition) is 1. The van der Waals surface area contributed by atoms with Gasteiger partial charge in [0.25, 0.3) is 11.1 Å². The molecule has 206 valence electrons. The average molecular weight is 560 g/mol. The van der Waals surface area contributed by atoms with Crippen LogP contribution in [-0.4, -0.2) is 73.1 Å². The van der Waals surface area contributed by atoms with E-state index in [4.69, 9.17) is 13.9 Å². The molecule has 10 nitrogen and oxygen atoms in total. The van der Waals surface area contributed by atoms with Gasteiger partial charge in [-0.15, -0.1) is 10.2 Å². The smallest absolute Gasteiger partial charge is 0.277 e. The number of nitrogens with zero attached hydrogens (tertiary/aromatic N) is 4. The van der Waals surface area contributed by atoms with Gasteiger partial charge in [0.15, 0.2) is 0 Å². The molecule has 0 radical (unpaired) electrons. The second-order valence-corrected chi connectivity index (χ2v) is 9.93. The number of nitrogens with one attached hydrogen (secondary N) is 1. The maximum atomic E-state index is 12.9. The van der Waals surface area contributed by atoms with Crippen LogP contribution in [0.2, 0.25) is 0 Å². The number of amides is 2. The van der Waals surface area contributed by atoms with Crippen LogP contribution in [-0.2, 0) is 4.79 Å². The van der Waals surface area contributed by atoms with Crippen LogP contribution in [0, 0.1) is 0 Å². The molecule has 3 aromatic carbocycles. The zero-order valence-electron chi connectivity index (χ0n) is 22.2. The van der Waals surface area contributed by atoms with Crippen molar-refractivity contribution in [2.75, 3.05) is 56.4 Å². The highest BCUT2D eigenvalue weighted by atomic mass is 32.2. The molecule has 1 aliphatic rings. The fourth-order valence-corrected chi connectivity index (χ4v) is 4.89. The van der Waals surface area contributed by atoms with Crippen molar-refractivity contribution < 1.29 is 23.5 Å². The topological polar surface area (TPSA) is 110 Å². The van der Waals surface area contributed by atoms with E-state index in [0.717, 1.165) is 24.3 Å². The minimum absolute atomic E-state index is 0.00605. The molecule has 0 spiro atoms. The third-order valence-electron chi connectivity index (χ3n) is 6.45. The van der Waals surface area contributed by atoms with Crippen molar-refractivity contribution in [2.24, 2.45) is 0 Å². The predicted octanol–water partition coefficient (Wildman–Crippen LogP) is 4.45. The van der Waals surface area contributed by atoms with Crippen LogP contribution in [0.15, 0.2) is 82.4 Å². The third kappa shape index (κ3) is 6.55. The Bertz CT molecular complexity index is 1470. The van der Waals surface area contributed by atoms with E-state index in [1.165, 1.54) is 11.8 Å². The van der Waals surface area contributed by atoms with Crippen molar-refractivity contribution >= 4 is 35.0 Å². The predicted molar refractivity (Wildman–Crippen MR) is 153 cm³/mol. The molecule has 1 saturated heterocycles. The van der Waals surface area contributed by atoms with Gasteiger partial charge in [0.2, 0.25) is 11.8 Å². The number of methoxy groups -OCH3 is 2. The Labute approximate surface area is 236 Å². The highest BCUT2D eigenvalue weighted by molar-refractivity contribution is 7.99. The lowest BCUT2D eigenvalue weighted by Crippen LogP contribution is -2.48. The van der Waals surface area contributed by atoms with Crippen molar-refractivity contribution in [3.8, 4) is 23.0 Å². The van der Waals surface area contributed by atoms with E-state index in [9.17, 15) is 9.59 Å². The zero-order chi connectivity index (χ0) is 27.9. The van der Waals surface area contributed by atoms with Crippen molar-refractivity contribution in [1.29, 1.82) is 0 Å². The Balaban J connectivity index is 1.09. The third-order valence-corrected chi connectivity index (χ3v) is 7.27. The van der Waals surface area contributed by atoms with E-state index in [2.05, 4.69) is 20.4 Å². The van der Waals surface area contributed by atoms with E-state index < -0.39 is 0 Å². The van der Waals surface area contributed by atoms with Crippen LogP contribution in [0.1, 0.15) is 10.4 Å². The summed E-state index contributed by atoms with van der Waals surface area (Å²) in [4.78, 5) is 29.5. The molecule has 11 heteroatoms. The first-order chi connectivity index (χ1) is 19.5. The number of benzene rings is 3. The van der Waals surface area contributed by atoms with Gasteiger partial charge in [-0.25, -0.2) is 0 Å². The highest BCUT2D eigenvalue weighted by Crippen LogP contribution is 2.26. The van der Waals surface area contributed by atoms with Crippen LogP contribution >= 0.6 is 11.8 Å². The van der Waals surface area contributed by atoms with E-state index in [-0.39, 0.29) is 17.6 Å². The summed E-state index contributed by atoms with van der Waals surface area (Å²) in [6.07, 6.45) is 0. The first-order valence-electron chi connectivity index (χ1n) is 12.7. The maximum absolute atomic E-state index is 12.9. The highest BCUT2D eigenvalue weighted by Gasteiger charge is 2.22. The molecule has 0 bridgehead atoms. The fraction of sp³-hybridized carbons (Fsp3) is 0.241. The number of hydrogen-bond acceptors (Lipinski definition) is 9. The van der Waals surface area contributed by atoms with Gasteiger partial charge in [-0.05, 0) is 60.7 Å². The summed E-state index contributed by atoms with van der Waals surface area (Å²) in [5.74, 6) is 1.68. The minimum Gasteiger partial charge on any atom is -0.497 e. The molecule has 0 aliphatic carbocycles. The molecule has 2 heterocycles. The van der Waals surface area contributed by atoms with Crippen LogP contribution in [0.3, 0.4) is 0 Å². The molecule has 0 unspecified atom stereocenters. The number of piperazine rings is 1. The maximum Gasteiger partial charge on any atom is 0.277 e. The van der Waals surface area contributed by atoms with Gasteiger partial charge < -0.3 is 29.0 Å². The fourth-order valence-electron chi connectivity index (χ4n) is 4.33. The van der Waals surface area contributed by atoms with E-state index in [0.29, 0.717) is 47.0 Å².